The van der Waals surface area contributed by atoms with Crippen molar-refractivity contribution in [2.24, 2.45) is 0 Å². The van der Waals surface area contributed by atoms with E-state index in [1.807, 2.05) is 24.3 Å². The van der Waals surface area contributed by atoms with Crippen LogP contribution >= 0.6 is 27.7 Å². The van der Waals surface area contributed by atoms with Gasteiger partial charge in [0.2, 0.25) is 0 Å². The second kappa shape index (κ2) is 7.85. The highest BCUT2D eigenvalue weighted by molar-refractivity contribution is 9.10. The third-order valence-electron chi connectivity index (χ3n) is 3.66. The van der Waals surface area contributed by atoms with Gasteiger partial charge in [0, 0.05) is 22.3 Å². The summed E-state index contributed by atoms with van der Waals surface area (Å²) in [4.78, 5) is 0. The first-order valence-electron chi connectivity index (χ1n) is 7.66. The van der Waals surface area contributed by atoms with Crippen molar-refractivity contribution in [3.8, 4) is 17.1 Å². The molecule has 24 heavy (non-hydrogen) atoms. The minimum Gasteiger partial charge on any atom is -0.497 e. The normalized spacial score (nSPS) is 10.8. The fraction of sp³-hybridized carbons (Fsp3) is 0.222. The van der Waals surface area contributed by atoms with Crippen LogP contribution in [-0.4, -0.2) is 21.9 Å². The molecule has 0 aliphatic carbocycles. The number of ether oxygens (including phenoxy) is 1. The van der Waals surface area contributed by atoms with Gasteiger partial charge in [-0.15, -0.1) is 10.2 Å². The summed E-state index contributed by atoms with van der Waals surface area (Å²) in [5.74, 6) is 2.63. The van der Waals surface area contributed by atoms with E-state index in [1.54, 1.807) is 18.9 Å². The van der Waals surface area contributed by atoms with Crippen LogP contribution in [0.25, 0.3) is 11.4 Å². The molecule has 124 valence electrons. The maximum atomic E-state index is 5.19. The van der Waals surface area contributed by atoms with Gasteiger partial charge in [-0.3, -0.25) is 0 Å². The van der Waals surface area contributed by atoms with Gasteiger partial charge in [0.05, 0.1) is 7.11 Å². The number of rotatable bonds is 6. The van der Waals surface area contributed by atoms with Crippen LogP contribution in [0.5, 0.6) is 5.75 Å². The fourth-order valence-electron chi connectivity index (χ4n) is 2.36. The van der Waals surface area contributed by atoms with Gasteiger partial charge < -0.3 is 9.30 Å². The van der Waals surface area contributed by atoms with Crippen LogP contribution < -0.4 is 4.74 Å². The lowest BCUT2D eigenvalue weighted by molar-refractivity contribution is 0.414. The molecule has 0 spiro atoms. The summed E-state index contributed by atoms with van der Waals surface area (Å²) in [6.45, 7) is 2.95. The summed E-state index contributed by atoms with van der Waals surface area (Å²) >= 11 is 5.16. The molecule has 0 unspecified atom stereocenters. The molecule has 6 heteroatoms. The maximum Gasteiger partial charge on any atom is 0.191 e. The average molecular weight is 404 g/mol. The number of benzene rings is 2. The van der Waals surface area contributed by atoms with Gasteiger partial charge in [0.1, 0.15) is 5.75 Å². The second-order valence-electron chi connectivity index (χ2n) is 5.19. The Balaban J connectivity index is 1.77. The summed E-state index contributed by atoms with van der Waals surface area (Å²) in [5, 5.41) is 9.69. The number of hydrogen-bond acceptors (Lipinski definition) is 4. The smallest absolute Gasteiger partial charge is 0.191 e. The molecule has 0 saturated heterocycles. The predicted octanol–water partition coefficient (Wildman–Crippen LogP) is 5.03. The van der Waals surface area contributed by atoms with Crippen LogP contribution in [0.1, 0.15) is 12.5 Å². The minimum atomic E-state index is 0.837. The number of hydrogen-bond donors (Lipinski definition) is 0. The van der Waals surface area contributed by atoms with Crippen LogP contribution in [0, 0.1) is 0 Å². The molecule has 0 aliphatic heterocycles. The van der Waals surface area contributed by atoms with E-state index in [4.69, 9.17) is 4.74 Å². The molecule has 3 aromatic rings. The second-order valence-corrected chi connectivity index (χ2v) is 7.05. The molecule has 0 fully saturated rings. The van der Waals surface area contributed by atoms with E-state index < -0.39 is 0 Å². The maximum absolute atomic E-state index is 5.19. The van der Waals surface area contributed by atoms with Gasteiger partial charge in [-0.2, -0.15) is 0 Å². The molecule has 0 bridgehead atoms. The number of halogens is 1. The summed E-state index contributed by atoms with van der Waals surface area (Å²) in [6, 6.07) is 16.3. The van der Waals surface area contributed by atoms with Gasteiger partial charge in [-0.25, -0.2) is 0 Å². The number of aromatic nitrogens is 3. The molecule has 1 heterocycles. The Morgan fingerprint density at radius 1 is 1.04 bits per heavy atom. The number of methoxy groups -OCH3 is 1. The average Bonchev–Trinajstić information content (AvgIpc) is 3.04. The first kappa shape index (κ1) is 17.0. The van der Waals surface area contributed by atoms with Gasteiger partial charge in [0.15, 0.2) is 11.0 Å². The van der Waals surface area contributed by atoms with Crippen molar-refractivity contribution in [3.05, 3.63) is 58.6 Å². The van der Waals surface area contributed by atoms with E-state index in [2.05, 4.69) is 61.9 Å². The number of thioether (sulfide) groups is 1. The van der Waals surface area contributed by atoms with Crippen LogP contribution in [0.3, 0.4) is 0 Å². The summed E-state index contributed by atoms with van der Waals surface area (Å²) < 4.78 is 8.40. The minimum absolute atomic E-state index is 0.837. The molecule has 0 N–H and O–H groups in total. The topological polar surface area (TPSA) is 39.9 Å². The van der Waals surface area contributed by atoms with Crippen molar-refractivity contribution in [2.75, 3.05) is 7.11 Å². The molecule has 4 nitrogen and oxygen atoms in total. The van der Waals surface area contributed by atoms with Gasteiger partial charge >= 0.3 is 0 Å². The molecular weight excluding hydrogens is 386 g/mol. The molecule has 0 radical (unpaired) electrons. The Morgan fingerprint density at radius 2 is 1.75 bits per heavy atom. The lowest BCUT2D eigenvalue weighted by Gasteiger charge is -2.08. The Labute approximate surface area is 154 Å². The summed E-state index contributed by atoms with van der Waals surface area (Å²) in [6.07, 6.45) is 0. The highest BCUT2D eigenvalue weighted by Crippen LogP contribution is 2.27. The zero-order chi connectivity index (χ0) is 16.9. The van der Waals surface area contributed by atoms with Crippen LogP contribution in [0.15, 0.2) is 58.2 Å². The summed E-state index contributed by atoms with van der Waals surface area (Å²) in [5.41, 5.74) is 2.31. The Morgan fingerprint density at radius 3 is 2.38 bits per heavy atom. The first-order chi connectivity index (χ1) is 11.7. The molecule has 0 aliphatic rings. The molecule has 0 atom stereocenters. The SMILES string of the molecule is CCn1c(SCc2ccc(OC)cc2)nnc1-c1ccc(Br)cc1. The largest absolute Gasteiger partial charge is 0.497 e. The molecule has 2 aromatic carbocycles. The quantitative estimate of drug-likeness (QED) is 0.541. The van der Waals surface area contributed by atoms with E-state index in [-0.39, 0.29) is 0 Å². The monoisotopic (exact) mass is 403 g/mol. The Kier molecular flexibility index (Phi) is 5.58. The zero-order valence-electron chi connectivity index (χ0n) is 13.6. The van der Waals surface area contributed by atoms with Crippen molar-refractivity contribution in [1.29, 1.82) is 0 Å². The van der Waals surface area contributed by atoms with E-state index in [0.29, 0.717) is 0 Å². The van der Waals surface area contributed by atoms with E-state index >= 15 is 0 Å². The van der Waals surface area contributed by atoms with Gasteiger partial charge in [0.25, 0.3) is 0 Å². The molecule has 0 saturated carbocycles. The third kappa shape index (κ3) is 3.82. The van der Waals surface area contributed by atoms with Crippen molar-refractivity contribution < 1.29 is 4.74 Å². The highest BCUT2D eigenvalue weighted by Gasteiger charge is 2.13. The Hall–Kier alpha value is -1.79. The van der Waals surface area contributed by atoms with Crippen LogP contribution in [-0.2, 0) is 12.3 Å². The van der Waals surface area contributed by atoms with Crippen molar-refractivity contribution in [3.63, 3.8) is 0 Å². The molecule has 3 rings (SSSR count). The highest BCUT2D eigenvalue weighted by atomic mass is 79.9. The third-order valence-corrected chi connectivity index (χ3v) is 5.23. The van der Waals surface area contributed by atoms with E-state index in [0.717, 1.165) is 39.1 Å². The fourth-order valence-corrected chi connectivity index (χ4v) is 3.59. The molecule has 1 aromatic heterocycles. The van der Waals surface area contributed by atoms with Crippen molar-refractivity contribution >= 4 is 27.7 Å². The van der Waals surface area contributed by atoms with E-state index in [1.165, 1.54) is 5.56 Å². The van der Waals surface area contributed by atoms with Gasteiger partial charge in [-0.1, -0.05) is 52.0 Å². The van der Waals surface area contributed by atoms with Crippen LogP contribution in [0.2, 0.25) is 0 Å². The van der Waals surface area contributed by atoms with Crippen molar-refractivity contribution in [2.45, 2.75) is 24.4 Å². The summed E-state index contributed by atoms with van der Waals surface area (Å²) in [7, 11) is 1.68. The van der Waals surface area contributed by atoms with E-state index in [9.17, 15) is 0 Å². The molecule has 0 amide bonds. The zero-order valence-corrected chi connectivity index (χ0v) is 16.0. The lowest BCUT2D eigenvalue weighted by atomic mass is 10.2. The lowest BCUT2D eigenvalue weighted by Crippen LogP contribution is -1.99. The number of nitrogens with zero attached hydrogens (tertiary/aromatic N) is 3. The first-order valence-corrected chi connectivity index (χ1v) is 9.44. The standard InChI is InChI=1S/C18H18BrN3OS/c1-3-22-17(14-6-8-15(19)9-7-14)20-21-18(22)24-12-13-4-10-16(23-2)11-5-13/h4-11H,3,12H2,1-2H3. The Bertz CT molecular complexity index is 800. The van der Waals surface area contributed by atoms with Crippen LogP contribution in [0.4, 0.5) is 0 Å². The molecular formula is C18H18BrN3OS. The van der Waals surface area contributed by atoms with Crippen molar-refractivity contribution in [1.82, 2.24) is 14.8 Å². The van der Waals surface area contributed by atoms with Gasteiger partial charge in [-0.05, 0) is 36.8 Å². The predicted molar refractivity (Wildman–Crippen MR) is 101 cm³/mol.